The van der Waals surface area contributed by atoms with Gasteiger partial charge in [-0.1, -0.05) is 17.7 Å². The second-order valence-corrected chi connectivity index (χ2v) is 8.09. The van der Waals surface area contributed by atoms with E-state index in [9.17, 15) is 19.2 Å². The molecule has 2 aromatic carbocycles. The number of amides is 3. The molecule has 2 fully saturated rings. The summed E-state index contributed by atoms with van der Waals surface area (Å²) in [6.07, 6.45) is 1.35. The number of nitrogens with zero attached hydrogens (tertiary/aromatic N) is 2. The SMILES string of the molecule is Cc1ccc(N2C[C@H](C(=O)Oc3ccc(N4C(=O)CCCC4=O)c(C)c3)CC2=O)cc1. The molecule has 2 aliphatic heterocycles. The fraction of sp³-hybridized carbons (Fsp3) is 0.333. The van der Waals surface area contributed by atoms with Crippen LogP contribution in [0.3, 0.4) is 0 Å². The summed E-state index contributed by atoms with van der Waals surface area (Å²) in [5.74, 6) is -1.25. The number of aryl methyl sites for hydroxylation is 2. The molecular weight excluding hydrogens is 396 g/mol. The molecule has 31 heavy (non-hydrogen) atoms. The molecule has 2 aliphatic rings. The van der Waals surface area contributed by atoms with E-state index in [2.05, 4.69) is 0 Å². The fourth-order valence-electron chi connectivity index (χ4n) is 4.00. The Morgan fingerprint density at radius 2 is 1.61 bits per heavy atom. The number of carbonyl (C=O) groups is 4. The van der Waals surface area contributed by atoms with Gasteiger partial charge in [0.2, 0.25) is 17.7 Å². The highest BCUT2D eigenvalue weighted by Crippen LogP contribution is 2.30. The summed E-state index contributed by atoms with van der Waals surface area (Å²) in [5, 5.41) is 0. The minimum Gasteiger partial charge on any atom is -0.426 e. The summed E-state index contributed by atoms with van der Waals surface area (Å²) >= 11 is 0. The van der Waals surface area contributed by atoms with Crippen LogP contribution in [0.2, 0.25) is 0 Å². The van der Waals surface area contributed by atoms with Gasteiger partial charge in [0, 0.05) is 31.5 Å². The van der Waals surface area contributed by atoms with Crippen molar-refractivity contribution in [2.75, 3.05) is 16.3 Å². The summed E-state index contributed by atoms with van der Waals surface area (Å²) in [7, 11) is 0. The van der Waals surface area contributed by atoms with E-state index in [0.29, 0.717) is 36.3 Å². The molecule has 0 saturated carbocycles. The lowest BCUT2D eigenvalue weighted by Crippen LogP contribution is -2.40. The average Bonchev–Trinajstić information content (AvgIpc) is 3.12. The van der Waals surface area contributed by atoms with Crippen LogP contribution in [-0.2, 0) is 19.2 Å². The molecule has 0 unspecified atom stereocenters. The van der Waals surface area contributed by atoms with Crippen LogP contribution < -0.4 is 14.5 Å². The van der Waals surface area contributed by atoms with E-state index in [1.807, 2.05) is 31.2 Å². The number of benzene rings is 2. The summed E-state index contributed by atoms with van der Waals surface area (Å²) < 4.78 is 5.52. The van der Waals surface area contributed by atoms with E-state index in [1.165, 1.54) is 4.90 Å². The number of carbonyl (C=O) groups excluding carboxylic acids is 4. The Morgan fingerprint density at radius 1 is 0.935 bits per heavy atom. The van der Waals surface area contributed by atoms with E-state index in [0.717, 1.165) is 11.3 Å². The van der Waals surface area contributed by atoms with Crippen molar-refractivity contribution in [3.63, 3.8) is 0 Å². The maximum absolute atomic E-state index is 12.7. The van der Waals surface area contributed by atoms with E-state index < -0.39 is 11.9 Å². The van der Waals surface area contributed by atoms with Gasteiger partial charge in [0.25, 0.3) is 0 Å². The molecule has 0 radical (unpaired) electrons. The largest absolute Gasteiger partial charge is 0.426 e. The minimum atomic E-state index is -0.556. The van der Waals surface area contributed by atoms with E-state index in [1.54, 1.807) is 30.0 Å². The van der Waals surface area contributed by atoms with Gasteiger partial charge in [0.05, 0.1) is 11.6 Å². The van der Waals surface area contributed by atoms with Crippen LogP contribution in [0.5, 0.6) is 5.75 Å². The molecule has 2 saturated heterocycles. The highest BCUT2D eigenvalue weighted by molar-refractivity contribution is 6.16. The molecule has 160 valence electrons. The Balaban J connectivity index is 1.45. The van der Waals surface area contributed by atoms with Crippen LogP contribution in [0.1, 0.15) is 36.8 Å². The van der Waals surface area contributed by atoms with Crippen LogP contribution >= 0.6 is 0 Å². The van der Waals surface area contributed by atoms with Crippen molar-refractivity contribution in [2.24, 2.45) is 5.92 Å². The number of rotatable bonds is 4. The highest BCUT2D eigenvalue weighted by Gasteiger charge is 2.36. The predicted octanol–water partition coefficient (Wildman–Crippen LogP) is 3.31. The molecule has 0 aliphatic carbocycles. The summed E-state index contributed by atoms with van der Waals surface area (Å²) in [6, 6.07) is 12.4. The molecular formula is C24H24N2O5. The molecule has 0 spiro atoms. The summed E-state index contributed by atoms with van der Waals surface area (Å²) in [5.41, 5.74) is 3.04. The van der Waals surface area contributed by atoms with Gasteiger partial charge in [0.1, 0.15) is 5.75 Å². The standard InChI is InChI=1S/C24H24N2O5/c1-15-6-8-18(9-7-15)25-14-17(13-23(25)29)24(30)31-19-10-11-20(16(2)12-19)26-21(27)4-3-5-22(26)28/h6-12,17H,3-5,13-14H2,1-2H3/t17-/m1/s1. The monoisotopic (exact) mass is 420 g/mol. The molecule has 0 aromatic heterocycles. The van der Waals surface area contributed by atoms with Crippen LogP contribution in [0.4, 0.5) is 11.4 Å². The Morgan fingerprint density at radius 3 is 2.26 bits per heavy atom. The van der Waals surface area contributed by atoms with Gasteiger partial charge in [-0.15, -0.1) is 0 Å². The number of hydrogen-bond donors (Lipinski definition) is 0. The van der Waals surface area contributed by atoms with E-state index >= 15 is 0 Å². The number of esters is 1. The maximum atomic E-state index is 12.7. The van der Waals surface area contributed by atoms with Crippen LogP contribution in [0.15, 0.2) is 42.5 Å². The van der Waals surface area contributed by atoms with Crippen molar-refractivity contribution in [2.45, 2.75) is 39.5 Å². The third kappa shape index (κ3) is 4.21. The number of imide groups is 1. The first kappa shape index (κ1) is 20.8. The van der Waals surface area contributed by atoms with Gasteiger partial charge in [-0.3, -0.25) is 24.1 Å². The van der Waals surface area contributed by atoms with E-state index in [4.69, 9.17) is 4.74 Å². The smallest absolute Gasteiger partial charge is 0.316 e. The molecule has 1 atom stereocenters. The molecule has 4 rings (SSSR count). The molecule has 2 aromatic rings. The van der Waals surface area contributed by atoms with Gasteiger partial charge in [0.15, 0.2) is 0 Å². The fourth-order valence-corrected chi connectivity index (χ4v) is 4.00. The lowest BCUT2D eigenvalue weighted by atomic mass is 10.1. The van der Waals surface area contributed by atoms with Crippen molar-refractivity contribution in [1.29, 1.82) is 0 Å². The zero-order chi connectivity index (χ0) is 22.1. The molecule has 7 heteroatoms. The lowest BCUT2D eigenvalue weighted by Gasteiger charge is -2.26. The average molecular weight is 420 g/mol. The number of piperidine rings is 1. The Hall–Kier alpha value is -3.48. The van der Waals surface area contributed by atoms with Crippen molar-refractivity contribution < 1.29 is 23.9 Å². The second-order valence-electron chi connectivity index (χ2n) is 8.09. The number of hydrogen-bond acceptors (Lipinski definition) is 5. The van der Waals surface area contributed by atoms with Crippen LogP contribution in [0.25, 0.3) is 0 Å². The first-order chi connectivity index (χ1) is 14.8. The quantitative estimate of drug-likeness (QED) is 0.431. The summed E-state index contributed by atoms with van der Waals surface area (Å²) in [4.78, 5) is 52.2. The van der Waals surface area contributed by atoms with Gasteiger partial charge in [-0.25, -0.2) is 0 Å². The normalized spacial score (nSPS) is 19.2. The highest BCUT2D eigenvalue weighted by atomic mass is 16.5. The Labute approximate surface area is 180 Å². The zero-order valence-corrected chi connectivity index (χ0v) is 17.6. The lowest BCUT2D eigenvalue weighted by molar-refractivity contribution is -0.139. The van der Waals surface area contributed by atoms with Gasteiger partial charge >= 0.3 is 5.97 Å². The van der Waals surface area contributed by atoms with Crippen molar-refractivity contribution in [3.05, 3.63) is 53.6 Å². The van der Waals surface area contributed by atoms with Gasteiger partial charge in [-0.05, 0) is 56.2 Å². The van der Waals surface area contributed by atoms with Gasteiger partial charge < -0.3 is 9.64 Å². The third-order valence-electron chi connectivity index (χ3n) is 5.71. The topological polar surface area (TPSA) is 84.0 Å². The number of ether oxygens (including phenoxy) is 1. The third-order valence-corrected chi connectivity index (χ3v) is 5.71. The second kappa shape index (κ2) is 8.34. The van der Waals surface area contributed by atoms with Crippen LogP contribution in [0, 0.1) is 19.8 Å². The van der Waals surface area contributed by atoms with E-state index in [-0.39, 0.29) is 30.7 Å². The summed E-state index contributed by atoms with van der Waals surface area (Å²) in [6.45, 7) is 4.01. The molecule has 0 N–H and O–H groups in total. The van der Waals surface area contributed by atoms with Gasteiger partial charge in [-0.2, -0.15) is 0 Å². The Bertz CT molecular complexity index is 1040. The van der Waals surface area contributed by atoms with Crippen molar-refractivity contribution in [3.8, 4) is 5.75 Å². The van der Waals surface area contributed by atoms with Crippen molar-refractivity contribution >= 4 is 35.1 Å². The molecule has 2 heterocycles. The maximum Gasteiger partial charge on any atom is 0.316 e. The first-order valence-electron chi connectivity index (χ1n) is 10.4. The predicted molar refractivity (Wildman–Crippen MR) is 115 cm³/mol. The van der Waals surface area contributed by atoms with Crippen LogP contribution in [-0.4, -0.2) is 30.2 Å². The minimum absolute atomic E-state index is 0.0978. The van der Waals surface area contributed by atoms with Crippen molar-refractivity contribution in [1.82, 2.24) is 0 Å². The molecule has 7 nitrogen and oxygen atoms in total. The first-order valence-corrected chi connectivity index (χ1v) is 10.4. The zero-order valence-electron chi connectivity index (χ0n) is 17.6. The molecule has 0 bridgehead atoms. The molecule has 3 amide bonds. The number of anilines is 2. The Kier molecular flexibility index (Phi) is 5.59.